The number of hydrogen-bond donors (Lipinski definition) is 0. The largest absolute Gasteiger partial charge is 0.416 e. The van der Waals surface area contributed by atoms with Crippen molar-refractivity contribution in [2.45, 2.75) is 13.1 Å². The summed E-state index contributed by atoms with van der Waals surface area (Å²) < 4.78 is 5.39. The fraction of sp³-hybridized carbons (Fsp3) is 0.333. The van der Waals surface area contributed by atoms with Gasteiger partial charge in [-0.2, -0.15) is 0 Å². The normalized spacial score (nSPS) is 11.4. The van der Waals surface area contributed by atoms with Gasteiger partial charge in [0.05, 0.1) is 4.92 Å². The van der Waals surface area contributed by atoms with E-state index < -0.39 is 13.2 Å². The molecule has 0 atom stereocenters. The average molecular weight is 211 g/mol. The highest BCUT2D eigenvalue weighted by Crippen LogP contribution is 2.10. The van der Waals surface area contributed by atoms with E-state index in [1.54, 1.807) is 19.2 Å². The summed E-state index contributed by atoms with van der Waals surface area (Å²) >= 11 is 0. The standard InChI is InChI=1S/C9H13NO3Si/c1-13-14(2,3)9-6-4-8(5-7-9)10(11)12/h4-7H,1-3H3. The second kappa shape index (κ2) is 3.89. The molecule has 0 aromatic heterocycles. The van der Waals surface area contributed by atoms with Crippen LogP contribution < -0.4 is 5.19 Å². The minimum Gasteiger partial charge on any atom is -0.416 e. The van der Waals surface area contributed by atoms with Gasteiger partial charge in [-0.3, -0.25) is 10.1 Å². The summed E-state index contributed by atoms with van der Waals surface area (Å²) in [6.45, 7) is 4.10. The first-order chi connectivity index (χ1) is 6.47. The van der Waals surface area contributed by atoms with Crippen LogP contribution in [0.4, 0.5) is 5.69 Å². The molecule has 0 radical (unpaired) electrons. The number of rotatable bonds is 3. The Hall–Kier alpha value is -1.20. The van der Waals surface area contributed by atoms with Gasteiger partial charge in [-0.1, -0.05) is 12.1 Å². The van der Waals surface area contributed by atoms with Gasteiger partial charge in [0.15, 0.2) is 0 Å². The lowest BCUT2D eigenvalue weighted by Gasteiger charge is -2.19. The van der Waals surface area contributed by atoms with E-state index in [2.05, 4.69) is 0 Å². The molecule has 0 aliphatic rings. The van der Waals surface area contributed by atoms with Crippen molar-refractivity contribution in [1.29, 1.82) is 0 Å². The molecule has 0 aliphatic heterocycles. The summed E-state index contributed by atoms with van der Waals surface area (Å²) in [6.07, 6.45) is 0. The third-order valence-electron chi connectivity index (χ3n) is 2.28. The van der Waals surface area contributed by atoms with Crippen molar-refractivity contribution in [3.63, 3.8) is 0 Å². The molecule has 0 unspecified atom stereocenters. The molecule has 0 bridgehead atoms. The van der Waals surface area contributed by atoms with Gasteiger partial charge in [0, 0.05) is 19.2 Å². The Morgan fingerprint density at radius 1 is 1.29 bits per heavy atom. The van der Waals surface area contributed by atoms with Gasteiger partial charge >= 0.3 is 0 Å². The highest BCUT2D eigenvalue weighted by molar-refractivity contribution is 6.84. The van der Waals surface area contributed by atoms with E-state index >= 15 is 0 Å². The van der Waals surface area contributed by atoms with Gasteiger partial charge in [-0.25, -0.2) is 0 Å². The Kier molecular flexibility index (Phi) is 3.02. The maximum atomic E-state index is 10.4. The van der Waals surface area contributed by atoms with Crippen molar-refractivity contribution in [3.8, 4) is 0 Å². The summed E-state index contributed by atoms with van der Waals surface area (Å²) in [6, 6.07) is 6.58. The molecular weight excluding hydrogens is 198 g/mol. The third-order valence-corrected chi connectivity index (χ3v) is 5.03. The molecule has 1 aromatic carbocycles. The Morgan fingerprint density at radius 2 is 1.79 bits per heavy atom. The van der Waals surface area contributed by atoms with Crippen molar-refractivity contribution in [2.24, 2.45) is 0 Å². The van der Waals surface area contributed by atoms with Crippen LogP contribution in [0.2, 0.25) is 13.1 Å². The Morgan fingerprint density at radius 3 is 2.14 bits per heavy atom. The summed E-state index contributed by atoms with van der Waals surface area (Å²) in [5, 5.41) is 11.5. The average Bonchev–Trinajstić information content (AvgIpc) is 2.18. The summed E-state index contributed by atoms with van der Waals surface area (Å²) in [7, 11) is -0.159. The van der Waals surface area contributed by atoms with E-state index in [-0.39, 0.29) is 5.69 Å². The van der Waals surface area contributed by atoms with Crippen LogP contribution in [0.3, 0.4) is 0 Å². The monoisotopic (exact) mass is 211 g/mol. The second-order valence-electron chi connectivity index (χ2n) is 3.52. The molecule has 4 nitrogen and oxygen atoms in total. The van der Waals surface area contributed by atoms with Crippen molar-refractivity contribution >= 4 is 19.2 Å². The Balaban J connectivity index is 2.99. The van der Waals surface area contributed by atoms with Gasteiger partial charge in [0.2, 0.25) is 8.32 Å². The molecule has 76 valence electrons. The topological polar surface area (TPSA) is 52.4 Å². The fourth-order valence-corrected chi connectivity index (χ4v) is 2.31. The fourth-order valence-electron chi connectivity index (χ4n) is 1.10. The maximum Gasteiger partial charge on any atom is 0.269 e. The molecule has 0 saturated carbocycles. The second-order valence-corrected chi connectivity index (χ2v) is 7.52. The number of non-ortho nitro benzene ring substituents is 1. The summed E-state index contributed by atoms with van der Waals surface area (Å²) in [4.78, 5) is 10.0. The molecule has 1 rings (SSSR count). The number of benzene rings is 1. The van der Waals surface area contributed by atoms with Crippen molar-refractivity contribution in [1.82, 2.24) is 0 Å². The van der Waals surface area contributed by atoms with Crippen LogP contribution in [0.15, 0.2) is 24.3 Å². The first kappa shape index (κ1) is 10.9. The van der Waals surface area contributed by atoms with Crippen molar-refractivity contribution in [2.75, 3.05) is 7.11 Å². The van der Waals surface area contributed by atoms with Crippen LogP contribution in [0.5, 0.6) is 0 Å². The van der Waals surface area contributed by atoms with Gasteiger partial charge < -0.3 is 4.43 Å². The van der Waals surface area contributed by atoms with Crippen LogP contribution in [0, 0.1) is 10.1 Å². The minimum atomic E-state index is -1.83. The molecule has 14 heavy (non-hydrogen) atoms. The number of hydrogen-bond acceptors (Lipinski definition) is 3. The van der Waals surface area contributed by atoms with E-state index in [9.17, 15) is 10.1 Å². The molecule has 0 N–H and O–H groups in total. The van der Waals surface area contributed by atoms with E-state index in [0.717, 1.165) is 5.19 Å². The van der Waals surface area contributed by atoms with Gasteiger partial charge in [-0.15, -0.1) is 0 Å². The van der Waals surface area contributed by atoms with Crippen LogP contribution in [0.1, 0.15) is 0 Å². The van der Waals surface area contributed by atoms with Crippen molar-refractivity contribution < 1.29 is 9.35 Å². The zero-order valence-electron chi connectivity index (χ0n) is 8.48. The lowest BCUT2D eigenvalue weighted by Crippen LogP contribution is -2.43. The number of nitro benzene ring substituents is 1. The SMILES string of the molecule is CO[Si](C)(C)c1ccc([N+](=O)[O-])cc1. The molecule has 0 heterocycles. The van der Waals surface area contributed by atoms with Gasteiger partial charge in [0.1, 0.15) is 0 Å². The summed E-state index contributed by atoms with van der Waals surface area (Å²) in [5.41, 5.74) is 0.120. The molecule has 5 heteroatoms. The third kappa shape index (κ3) is 2.18. The summed E-state index contributed by atoms with van der Waals surface area (Å²) in [5.74, 6) is 0. The highest BCUT2D eigenvalue weighted by Gasteiger charge is 2.23. The minimum absolute atomic E-state index is 0.120. The van der Waals surface area contributed by atoms with Gasteiger partial charge in [0.25, 0.3) is 5.69 Å². The van der Waals surface area contributed by atoms with Crippen LogP contribution in [0.25, 0.3) is 0 Å². The lowest BCUT2D eigenvalue weighted by atomic mass is 10.3. The molecule has 0 aliphatic carbocycles. The molecular formula is C9H13NO3Si. The van der Waals surface area contributed by atoms with E-state index in [1.165, 1.54) is 12.1 Å². The highest BCUT2D eigenvalue weighted by atomic mass is 28.4. The quantitative estimate of drug-likeness (QED) is 0.434. The van der Waals surface area contributed by atoms with Crippen LogP contribution in [-0.2, 0) is 4.43 Å². The smallest absolute Gasteiger partial charge is 0.269 e. The zero-order valence-corrected chi connectivity index (χ0v) is 9.48. The van der Waals surface area contributed by atoms with E-state index in [1.807, 2.05) is 13.1 Å². The van der Waals surface area contributed by atoms with Crippen LogP contribution in [-0.4, -0.2) is 20.4 Å². The maximum absolute atomic E-state index is 10.4. The van der Waals surface area contributed by atoms with E-state index in [0.29, 0.717) is 0 Å². The van der Waals surface area contributed by atoms with Crippen molar-refractivity contribution in [3.05, 3.63) is 34.4 Å². The number of nitro groups is 1. The lowest BCUT2D eigenvalue weighted by molar-refractivity contribution is -0.384. The predicted molar refractivity (Wildman–Crippen MR) is 57.2 cm³/mol. The zero-order chi connectivity index (χ0) is 10.8. The van der Waals surface area contributed by atoms with E-state index in [4.69, 9.17) is 4.43 Å². The Labute approximate surface area is 83.8 Å². The van der Waals surface area contributed by atoms with Gasteiger partial charge in [-0.05, 0) is 18.3 Å². The number of nitrogens with zero attached hydrogens (tertiary/aromatic N) is 1. The predicted octanol–water partition coefficient (Wildman–Crippen LogP) is 1.65. The Bertz CT molecular complexity index is 334. The molecule has 1 aromatic rings. The first-order valence-electron chi connectivity index (χ1n) is 4.27. The van der Waals surface area contributed by atoms with Crippen LogP contribution >= 0.6 is 0 Å². The molecule has 0 spiro atoms. The molecule has 0 fully saturated rings. The molecule has 0 saturated heterocycles. The first-order valence-corrected chi connectivity index (χ1v) is 7.18. The molecule has 0 amide bonds.